The second kappa shape index (κ2) is 5.95. The van der Waals surface area contributed by atoms with Crippen molar-refractivity contribution in [3.05, 3.63) is 42.2 Å². The molecule has 2 saturated heterocycles. The Bertz CT molecular complexity index is 582. The Morgan fingerprint density at radius 3 is 2.82 bits per heavy atom. The Labute approximate surface area is 134 Å². The van der Waals surface area contributed by atoms with Crippen LogP contribution in [-0.4, -0.2) is 35.0 Å². The molecule has 2 N–H and O–H groups in total. The fourth-order valence-corrected chi connectivity index (χ4v) is 4.11. The van der Waals surface area contributed by atoms with Gasteiger partial charge in [-0.3, -0.25) is 4.79 Å². The van der Waals surface area contributed by atoms with Crippen molar-refractivity contribution >= 4 is 17.9 Å². The number of nitrogens with one attached hydrogen (secondary N) is 2. The molecule has 0 saturated carbocycles. The zero-order valence-corrected chi connectivity index (χ0v) is 13.0. The number of carbonyl (C=O) groups excluding carboxylic acids is 1. The standard InChI is InChI=1S/C16H19N3O2S/c20-16(18-15-10-12-4-7-14(15)17-12)11-2-5-13(6-3-11)22-19-8-1-9-21-19/h1-3,5-6,9,12,14-15,17H,4,7-8,10H2,(H,18,20)/t12-,14+,15-/m1/s1. The number of hydrogen-bond acceptors (Lipinski definition) is 5. The molecule has 3 atom stereocenters. The summed E-state index contributed by atoms with van der Waals surface area (Å²) in [6.45, 7) is 0.768. The summed E-state index contributed by atoms with van der Waals surface area (Å²) in [6.07, 6.45) is 7.12. The molecule has 3 aliphatic heterocycles. The lowest BCUT2D eigenvalue weighted by molar-refractivity contribution is 0.0290. The second-order valence-electron chi connectivity index (χ2n) is 5.97. The first-order valence-electron chi connectivity index (χ1n) is 7.72. The predicted molar refractivity (Wildman–Crippen MR) is 85.0 cm³/mol. The molecule has 1 amide bonds. The number of amides is 1. The van der Waals surface area contributed by atoms with Crippen LogP contribution in [0.2, 0.25) is 0 Å². The topological polar surface area (TPSA) is 53.6 Å². The summed E-state index contributed by atoms with van der Waals surface area (Å²) in [4.78, 5) is 18.7. The van der Waals surface area contributed by atoms with Gasteiger partial charge in [-0.1, -0.05) is 4.47 Å². The van der Waals surface area contributed by atoms with E-state index in [0.717, 1.165) is 17.9 Å². The van der Waals surface area contributed by atoms with Crippen LogP contribution in [-0.2, 0) is 4.84 Å². The van der Waals surface area contributed by atoms with E-state index >= 15 is 0 Å². The molecule has 116 valence electrons. The van der Waals surface area contributed by atoms with Gasteiger partial charge in [0.25, 0.3) is 5.91 Å². The van der Waals surface area contributed by atoms with E-state index in [1.807, 2.05) is 30.3 Å². The third-order valence-electron chi connectivity index (χ3n) is 4.47. The second-order valence-corrected chi connectivity index (χ2v) is 7.03. The number of hydrogen-bond donors (Lipinski definition) is 2. The summed E-state index contributed by atoms with van der Waals surface area (Å²) in [5, 5.41) is 6.71. The minimum absolute atomic E-state index is 0.0231. The highest BCUT2D eigenvalue weighted by Gasteiger charge is 2.39. The smallest absolute Gasteiger partial charge is 0.251 e. The van der Waals surface area contributed by atoms with Gasteiger partial charge in [0.2, 0.25) is 0 Å². The lowest BCUT2D eigenvalue weighted by Gasteiger charge is -2.21. The van der Waals surface area contributed by atoms with Gasteiger partial charge in [-0.15, -0.1) is 0 Å². The van der Waals surface area contributed by atoms with Crippen LogP contribution >= 0.6 is 11.9 Å². The average molecular weight is 317 g/mol. The largest absolute Gasteiger partial charge is 0.403 e. The molecule has 5 nitrogen and oxygen atoms in total. The summed E-state index contributed by atoms with van der Waals surface area (Å²) < 4.78 is 1.79. The number of rotatable bonds is 4. The van der Waals surface area contributed by atoms with Crippen LogP contribution < -0.4 is 10.6 Å². The number of nitrogens with zero attached hydrogens (tertiary/aromatic N) is 1. The fraction of sp³-hybridized carbons (Fsp3) is 0.438. The van der Waals surface area contributed by atoms with Gasteiger partial charge < -0.3 is 15.5 Å². The lowest BCUT2D eigenvalue weighted by atomic mass is 9.95. The Hall–Kier alpha value is -1.50. The third-order valence-corrected chi connectivity index (χ3v) is 5.39. The number of fused-ring (bicyclic) bond motifs is 2. The van der Waals surface area contributed by atoms with E-state index in [4.69, 9.17) is 4.84 Å². The van der Waals surface area contributed by atoms with Crippen LogP contribution in [0.1, 0.15) is 29.6 Å². The van der Waals surface area contributed by atoms with Gasteiger partial charge in [-0.25, -0.2) is 0 Å². The van der Waals surface area contributed by atoms with Crippen molar-refractivity contribution in [2.45, 2.75) is 42.3 Å². The Kier molecular flexibility index (Phi) is 3.82. The van der Waals surface area contributed by atoms with Crippen molar-refractivity contribution in [3.63, 3.8) is 0 Å². The summed E-state index contributed by atoms with van der Waals surface area (Å²) in [5.41, 5.74) is 0.715. The molecule has 3 aliphatic rings. The molecule has 1 aromatic rings. The Balaban J connectivity index is 1.34. The Morgan fingerprint density at radius 2 is 2.18 bits per heavy atom. The highest BCUT2D eigenvalue weighted by Crippen LogP contribution is 2.29. The van der Waals surface area contributed by atoms with Crippen LogP contribution in [0, 0.1) is 0 Å². The maximum atomic E-state index is 12.3. The SMILES string of the molecule is O=C(N[C@@H]1C[C@H]2CC[C@@H]1N2)c1ccc(SN2CC=CO2)cc1. The van der Waals surface area contributed by atoms with E-state index in [1.165, 1.54) is 24.8 Å². The Morgan fingerprint density at radius 1 is 1.32 bits per heavy atom. The number of hydroxylamine groups is 1. The molecular formula is C16H19N3O2S. The molecule has 0 spiro atoms. The lowest BCUT2D eigenvalue weighted by Crippen LogP contribution is -2.42. The van der Waals surface area contributed by atoms with E-state index in [-0.39, 0.29) is 11.9 Å². The monoisotopic (exact) mass is 317 g/mol. The highest BCUT2D eigenvalue weighted by atomic mass is 32.2. The molecule has 2 fully saturated rings. The zero-order chi connectivity index (χ0) is 14.9. The van der Waals surface area contributed by atoms with E-state index < -0.39 is 0 Å². The van der Waals surface area contributed by atoms with Crippen LogP contribution in [0.5, 0.6) is 0 Å². The predicted octanol–water partition coefficient (Wildman–Crippen LogP) is 2.08. The van der Waals surface area contributed by atoms with Crippen molar-refractivity contribution in [3.8, 4) is 0 Å². The normalized spacial score (nSPS) is 29.7. The number of carbonyl (C=O) groups is 1. The molecule has 0 radical (unpaired) electrons. The summed E-state index contributed by atoms with van der Waals surface area (Å²) in [6, 6.07) is 9.01. The molecule has 3 heterocycles. The van der Waals surface area contributed by atoms with Gasteiger partial charge in [-0.05, 0) is 61.6 Å². The zero-order valence-electron chi connectivity index (χ0n) is 12.2. The van der Waals surface area contributed by atoms with Crippen molar-refractivity contribution in [1.82, 2.24) is 15.1 Å². The van der Waals surface area contributed by atoms with Gasteiger partial charge in [0.05, 0.1) is 6.54 Å². The fourth-order valence-electron chi connectivity index (χ4n) is 3.36. The van der Waals surface area contributed by atoms with Crippen LogP contribution in [0.25, 0.3) is 0 Å². The maximum Gasteiger partial charge on any atom is 0.251 e. The highest BCUT2D eigenvalue weighted by molar-refractivity contribution is 7.97. The molecule has 2 bridgehead atoms. The van der Waals surface area contributed by atoms with Gasteiger partial charge in [-0.2, -0.15) is 0 Å². The molecule has 0 unspecified atom stereocenters. The van der Waals surface area contributed by atoms with Crippen LogP contribution in [0.15, 0.2) is 41.5 Å². The van der Waals surface area contributed by atoms with Gasteiger partial charge in [0.1, 0.15) is 6.26 Å². The van der Waals surface area contributed by atoms with Crippen molar-refractivity contribution in [2.75, 3.05) is 6.54 Å². The van der Waals surface area contributed by atoms with Gasteiger partial charge >= 0.3 is 0 Å². The average Bonchev–Trinajstić information content (AvgIpc) is 3.25. The van der Waals surface area contributed by atoms with Crippen LogP contribution in [0.4, 0.5) is 0 Å². The molecule has 4 rings (SSSR count). The molecule has 1 aromatic carbocycles. The third kappa shape index (κ3) is 2.86. The van der Waals surface area contributed by atoms with Crippen molar-refractivity contribution in [2.24, 2.45) is 0 Å². The number of benzene rings is 1. The quantitative estimate of drug-likeness (QED) is 0.833. The first-order chi connectivity index (χ1) is 10.8. The summed E-state index contributed by atoms with van der Waals surface area (Å²) in [5.74, 6) is 0.0231. The molecule has 6 heteroatoms. The van der Waals surface area contributed by atoms with E-state index in [0.29, 0.717) is 17.6 Å². The summed E-state index contributed by atoms with van der Waals surface area (Å²) in [7, 11) is 0. The molecular weight excluding hydrogens is 298 g/mol. The van der Waals surface area contributed by atoms with Crippen LogP contribution in [0.3, 0.4) is 0 Å². The van der Waals surface area contributed by atoms with Gasteiger partial charge in [0, 0.05) is 28.6 Å². The van der Waals surface area contributed by atoms with Gasteiger partial charge in [0.15, 0.2) is 0 Å². The maximum absolute atomic E-state index is 12.3. The van der Waals surface area contributed by atoms with Crippen molar-refractivity contribution in [1.29, 1.82) is 0 Å². The first kappa shape index (κ1) is 14.1. The summed E-state index contributed by atoms with van der Waals surface area (Å²) >= 11 is 1.52. The van der Waals surface area contributed by atoms with E-state index in [1.54, 1.807) is 10.7 Å². The molecule has 0 aliphatic carbocycles. The van der Waals surface area contributed by atoms with E-state index in [2.05, 4.69) is 10.6 Å². The molecule has 22 heavy (non-hydrogen) atoms. The van der Waals surface area contributed by atoms with Crippen molar-refractivity contribution < 1.29 is 9.63 Å². The first-order valence-corrected chi connectivity index (χ1v) is 8.49. The minimum atomic E-state index is 0.0231. The minimum Gasteiger partial charge on any atom is -0.403 e. The molecule has 0 aromatic heterocycles. The van der Waals surface area contributed by atoms with E-state index in [9.17, 15) is 4.79 Å².